The number of carbonyl (C=O) groups is 1. The average Bonchev–Trinajstić information content (AvgIpc) is 3.03. The standard InChI is InChI=1S/C32H42N6O7S/c1-22-6-10-25(11-7-22)46(40,41)36-26-20-23(31(39)35-32(33)34)8-12-27(26)45-19-5-14-37-15-17-38(18-16-37)21-24-9-13-28(42-2)30(44-4)29(24)43-3/h6-13,20,36H,5,14-19,21H2,1-4H3,(H4,33,34,35,39). The number of hydrogen-bond acceptors (Lipinski definition) is 9. The molecule has 1 heterocycles. The highest BCUT2D eigenvalue weighted by Crippen LogP contribution is 2.40. The Bertz CT molecular complexity index is 1640. The van der Waals surface area contributed by atoms with E-state index in [1.54, 1.807) is 33.5 Å². The number of aryl methyl sites for hydroxylation is 1. The largest absolute Gasteiger partial charge is 0.493 e. The second-order valence-electron chi connectivity index (χ2n) is 10.8. The van der Waals surface area contributed by atoms with Crippen molar-refractivity contribution in [2.24, 2.45) is 16.5 Å². The van der Waals surface area contributed by atoms with Gasteiger partial charge in [0.05, 0.1) is 38.5 Å². The lowest BCUT2D eigenvalue weighted by molar-refractivity contribution is 0.100. The first kappa shape index (κ1) is 34.3. The molecule has 0 bridgehead atoms. The van der Waals surface area contributed by atoms with Crippen LogP contribution in [0.15, 0.2) is 64.5 Å². The minimum absolute atomic E-state index is 0.0775. The van der Waals surface area contributed by atoms with Crippen molar-refractivity contribution in [3.8, 4) is 23.0 Å². The lowest BCUT2D eigenvalue weighted by Gasteiger charge is -2.35. The number of carbonyl (C=O) groups excluding carboxylic acids is 1. The summed E-state index contributed by atoms with van der Waals surface area (Å²) < 4.78 is 51.4. The second kappa shape index (κ2) is 15.7. The molecular weight excluding hydrogens is 612 g/mol. The van der Waals surface area contributed by atoms with E-state index < -0.39 is 21.9 Å². The third-order valence-electron chi connectivity index (χ3n) is 7.55. The lowest BCUT2D eigenvalue weighted by Crippen LogP contribution is -2.46. The Morgan fingerprint density at radius 3 is 2.15 bits per heavy atom. The smallest absolute Gasteiger partial charge is 0.280 e. The predicted molar refractivity (Wildman–Crippen MR) is 176 cm³/mol. The van der Waals surface area contributed by atoms with Gasteiger partial charge in [-0.15, -0.1) is 0 Å². The highest BCUT2D eigenvalue weighted by molar-refractivity contribution is 7.92. The van der Waals surface area contributed by atoms with Crippen LogP contribution < -0.4 is 35.1 Å². The molecule has 0 atom stereocenters. The Kier molecular flexibility index (Phi) is 11.7. The summed E-state index contributed by atoms with van der Waals surface area (Å²) in [5, 5.41) is 0. The van der Waals surface area contributed by atoms with Gasteiger partial charge in [0, 0.05) is 50.4 Å². The summed E-state index contributed by atoms with van der Waals surface area (Å²) in [7, 11) is 0.862. The number of nitrogens with one attached hydrogen (secondary N) is 1. The summed E-state index contributed by atoms with van der Waals surface area (Å²) >= 11 is 0. The number of benzene rings is 3. The molecule has 1 amide bonds. The van der Waals surface area contributed by atoms with Gasteiger partial charge >= 0.3 is 0 Å². The van der Waals surface area contributed by atoms with Gasteiger partial charge in [0.2, 0.25) is 5.75 Å². The van der Waals surface area contributed by atoms with Crippen molar-refractivity contribution in [1.29, 1.82) is 0 Å². The molecule has 0 aromatic heterocycles. The van der Waals surface area contributed by atoms with Crippen molar-refractivity contribution < 1.29 is 32.2 Å². The molecule has 248 valence electrons. The quantitative estimate of drug-likeness (QED) is 0.133. The van der Waals surface area contributed by atoms with Gasteiger partial charge in [-0.2, -0.15) is 4.99 Å². The van der Waals surface area contributed by atoms with Crippen molar-refractivity contribution in [2.75, 3.05) is 65.4 Å². The summed E-state index contributed by atoms with van der Waals surface area (Å²) in [6.45, 7) is 7.28. The van der Waals surface area contributed by atoms with E-state index in [0.717, 1.165) is 50.4 Å². The van der Waals surface area contributed by atoms with Gasteiger partial charge in [0.1, 0.15) is 5.75 Å². The third-order valence-corrected chi connectivity index (χ3v) is 8.94. The van der Waals surface area contributed by atoms with Crippen molar-refractivity contribution in [3.63, 3.8) is 0 Å². The number of nitrogens with two attached hydrogens (primary N) is 2. The van der Waals surface area contributed by atoms with E-state index in [-0.39, 0.29) is 21.9 Å². The number of rotatable bonds is 14. The number of guanidine groups is 1. The Morgan fingerprint density at radius 1 is 0.870 bits per heavy atom. The molecule has 5 N–H and O–H groups in total. The van der Waals surface area contributed by atoms with Gasteiger partial charge in [-0.1, -0.05) is 23.8 Å². The maximum atomic E-state index is 13.2. The molecular formula is C32H42N6O7S. The minimum Gasteiger partial charge on any atom is -0.493 e. The summed E-state index contributed by atoms with van der Waals surface area (Å²) in [6.07, 6.45) is 0.711. The van der Waals surface area contributed by atoms with Crippen LogP contribution in [0, 0.1) is 6.92 Å². The van der Waals surface area contributed by atoms with Crippen LogP contribution in [-0.2, 0) is 16.6 Å². The SMILES string of the molecule is COc1ccc(CN2CCN(CCCOc3ccc(C(=O)N=C(N)N)cc3NS(=O)(=O)c3ccc(C)cc3)CC2)c(OC)c1OC. The van der Waals surface area contributed by atoms with Gasteiger partial charge in [0.15, 0.2) is 17.5 Å². The number of methoxy groups -OCH3 is 3. The van der Waals surface area contributed by atoms with Crippen LogP contribution in [0.4, 0.5) is 5.69 Å². The fourth-order valence-electron chi connectivity index (χ4n) is 5.14. The molecule has 0 unspecified atom stereocenters. The van der Waals surface area contributed by atoms with Crippen molar-refractivity contribution >= 4 is 27.6 Å². The first-order valence-electron chi connectivity index (χ1n) is 14.8. The molecule has 0 saturated carbocycles. The fourth-order valence-corrected chi connectivity index (χ4v) is 6.20. The van der Waals surface area contributed by atoms with Gasteiger partial charge in [-0.3, -0.25) is 14.4 Å². The van der Waals surface area contributed by atoms with E-state index in [1.165, 1.54) is 30.3 Å². The molecule has 14 heteroatoms. The highest BCUT2D eigenvalue weighted by atomic mass is 32.2. The first-order valence-corrected chi connectivity index (χ1v) is 16.3. The fraction of sp³-hybridized carbons (Fsp3) is 0.375. The first-order chi connectivity index (χ1) is 22.0. The van der Waals surface area contributed by atoms with Gasteiger partial charge in [0.25, 0.3) is 15.9 Å². The number of amides is 1. The number of piperazine rings is 1. The molecule has 0 aliphatic carbocycles. The van der Waals surface area contributed by atoms with Crippen LogP contribution in [0.25, 0.3) is 0 Å². The van der Waals surface area contributed by atoms with Gasteiger partial charge < -0.3 is 35.3 Å². The number of nitrogens with zero attached hydrogens (tertiary/aromatic N) is 3. The summed E-state index contributed by atoms with van der Waals surface area (Å²) in [6, 6.07) is 14.7. The van der Waals surface area contributed by atoms with Crippen LogP contribution >= 0.6 is 0 Å². The second-order valence-corrected chi connectivity index (χ2v) is 12.5. The van der Waals surface area contributed by atoms with Crippen LogP contribution in [0.1, 0.15) is 27.9 Å². The normalized spacial score (nSPS) is 13.9. The van der Waals surface area contributed by atoms with E-state index in [0.29, 0.717) is 30.3 Å². The molecule has 4 rings (SSSR count). The molecule has 1 aliphatic rings. The van der Waals surface area contributed by atoms with Crippen molar-refractivity contribution in [1.82, 2.24) is 9.80 Å². The summed E-state index contributed by atoms with van der Waals surface area (Å²) in [5.74, 6) is 1.07. The Balaban J connectivity index is 1.35. The molecule has 1 saturated heterocycles. The molecule has 46 heavy (non-hydrogen) atoms. The topological polar surface area (TPSA) is 171 Å². The maximum absolute atomic E-state index is 13.2. The third kappa shape index (κ3) is 8.80. The lowest BCUT2D eigenvalue weighted by atomic mass is 10.1. The number of aliphatic imine (C=N–C) groups is 1. The molecule has 3 aromatic rings. The predicted octanol–water partition coefficient (Wildman–Crippen LogP) is 2.82. The molecule has 0 spiro atoms. The monoisotopic (exact) mass is 654 g/mol. The Labute approximate surface area is 270 Å². The molecule has 3 aromatic carbocycles. The van der Waals surface area contributed by atoms with E-state index in [2.05, 4.69) is 19.5 Å². The number of hydrogen-bond donors (Lipinski definition) is 3. The van der Waals surface area contributed by atoms with Crippen LogP contribution in [0.5, 0.6) is 23.0 Å². The Hall–Kier alpha value is -4.53. The zero-order valence-corrected chi connectivity index (χ0v) is 27.4. The van der Waals surface area contributed by atoms with E-state index >= 15 is 0 Å². The van der Waals surface area contributed by atoms with E-state index in [1.807, 2.05) is 19.1 Å². The van der Waals surface area contributed by atoms with Gasteiger partial charge in [-0.25, -0.2) is 8.42 Å². The maximum Gasteiger partial charge on any atom is 0.280 e. The van der Waals surface area contributed by atoms with Crippen LogP contribution in [-0.4, -0.2) is 90.7 Å². The number of anilines is 1. The number of sulfonamides is 1. The summed E-state index contributed by atoms with van der Waals surface area (Å²) in [4.78, 5) is 20.8. The number of ether oxygens (including phenoxy) is 4. The van der Waals surface area contributed by atoms with E-state index in [4.69, 9.17) is 30.4 Å². The zero-order chi connectivity index (χ0) is 33.3. The highest BCUT2D eigenvalue weighted by Gasteiger charge is 2.22. The van der Waals surface area contributed by atoms with E-state index in [9.17, 15) is 13.2 Å². The van der Waals surface area contributed by atoms with Crippen LogP contribution in [0.3, 0.4) is 0 Å². The average molecular weight is 655 g/mol. The molecule has 1 fully saturated rings. The summed E-state index contributed by atoms with van der Waals surface area (Å²) in [5.41, 5.74) is 12.9. The Morgan fingerprint density at radius 2 is 1.52 bits per heavy atom. The van der Waals surface area contributed by atoms with Crippen molar-refractivity contribution in [3.05, 3.63) is 71.3 Å². The van der Waals surface area contributed by atoms with Crippen LogP contribution in [0.2, 0.25) is 0 Å². The molecule has 1 aliphatic heterocycles. The van der Waals surface area contributed by atoms with Gasteiger partial charge in [-0.05, 0) is 49.7 Å². The van der Waals surface area contributed by atoms with Crippen molar-refractivity contribution in [2.45, 2.75) is 24.8 Å². The minimum atomic E-state index is -3.97. The zero-order valence-electron chi connectivity index (χ0n) is 26.6. The molecule has 0 radical (unpaired) electrons. The molecule has 13 nitrogen and oxygen atoms in total.